The molecule has 0 aliphatic rings. The number of rotatable bonds is 7. The second-order valence-corrected chi connectivity index (χ2v) is 7.98. The fraction of sp³-hybridized carbons (Fsp3) is 0.125. The lowest BCUT2D eigenvalue weighted by atomic mass is 10.1. The van der Waals surface area contributed by atoms with Crippen molar-refractivity contribution in [3.8, 4) is 0 Å². The molecule has 0 radical (unpaired) electrons. The Bertz CT molecular complexity index is 1220. The van der Waals surface area contributed by atoms with Crippen LogP contribution < -0.4 is 5.32 Å². The highest BCUT2D eigenvalue weighted by atomic mass is 79.9. The van der Waals surface area contributed by atoms with Gasteiger partial charge < -0.3 is 15.0 Å². The van der Waals surface area contributed by atoms with Crippen LogP contribution in [0.15, 0.2) is 77.3 Å². The van der Waals surface area contributed by atoms with Gasteiger partial charge in [0.05, 0.1) is 6.54 Å². The molecule has 0 aliphatic carbocycles. The predicted molar refractivity (Wildman–Crippen MR) is 119 cm³/mol. The number of hydrogen-bond donors (Lipinski definition) is 2. The van der Waals surface area contributed by atoms with Crippen LogP contribution in [0.3, 0.4) is 0 Å². The maximum absolute atomic E-state index is 14.3. The van der Waals surface area contributed by atoms with Gasteiger partial charge in [-0.2, -0.15) is 0 Å². The summed E-state index contributed by atoms with van der Waals surface area (Å²) >= 11 is 3.46. The minimum atomic E-state index is -1.03. The topological polar surface area (TPSA) is 54.3 Å². The van der Waals surface area contributed by atoms with E-state index in [1.165, 1.54) is 6.07 Å². The largest absolute Gasteiger partial charge is 0.477 e. The number of nitrogens with zero attached hydrogens (tertiary/aromatic N) is 1. The fourth-order valence-corrected chi connectivity index (χ4v) is 4.19. The van der Waals surface area contributed by atoms with E-state index in [9.17, 15) is 14.3 Å². The Balaban J connectivity index is 1.71. The molecule has 30 heavy (non-hydrogen) atoms. The van der Waals surface area contributed by atoms with Crippen molar-refractivity contribution in [1.29, 1.82) is 0 Å². The number of hydrogen-bond acceptors (Lipinski definition) is 2. The van der Waals surface area contributed by atoms with Gasteiger partial charge in [0.1, 0.15) is 11.5 Å². The maximum Gasteiger partial charge on any atom is 0.352 e. The van der Waals surface area contributed by atoms with Gasteiger partial charge in [-0.3, -0.25) is 0 Å². The van der Waals surface area contributed by atoms with Crippen molar-refractivity contribution >= 4 is 32.8 Å². The van der Waals surface area contributed by atoms with Crippen LogP contribution in [0.2, 0.25) is 0 Å². The van der Waals surface area contributed by atoms with Gasteiger partial charge in [0.15, 0.2) is 0 Å². The van der Waals surface area contributed by atoms with Crippen molar-refractivity contribution in [2.45, 2.75) is 19.6 Å². The van der Waals surface area contributed by atoms with Crippen molar-refractivity contribution in [3.05, 3.63) is 105 Å². The van der Waals surface area contributed by atoms with E-state index in [0.29, 0.717) is 24.2 Å². The number of halogens is 2. The van der Waals surface area contributed by atoms with Gasteiger partial charge in [-0.25, -0.2) is 9.18 Å². The van der Waals surface area contributed by atoms with Crippen molar-refractivity contribution in [2.24, 2.45) is 0 Å². The quantitative estimate of drug-likeness (QED) is 0.373. The van der Waals surface area contributed by atoms with Crippen molar-refractivity contribution in [3.63, 3.8) is 0 Å². The lowest BCUT2D eigenvalue weighted by Gasteiger charge is -2.11. The molecule has 0 saturated heterocycles. The Morgan fingerprint density at radius 2 is 1.77 bits per heavy atom. The normalized spacial score (nSPS) is 11.1. The summed E-state index contributed by atoms with van der Waals surface area (Å²) in [4.78, 5) is 12.2. The SMILES string of the molecule is O=C(O)c1c(CNCc2cccc(Br)c2)c2ccccc2n1Cc1ccccc1F. The molecule has 4 aromatic rings. The molecule has 0 fully saturated rings. The molecule has 6 heteroatoms. The van der Waals surface area contributed by atoms with Crippen LogP contribution in [0.4, 0.5) is 4.39 Å². The van der Waals surface area contributed by atoms with E-state index in [1.807, 2.05) is 48.5 Å². The zero-order valence-electron chi connectivity index (χ0n) is 16.1. The number of nitrogens with one attached hydrogen (secondary N) is 1. The molecule has 4 nitrogen and oxygen atoms in total. The minimum absolute atomic E-state index is 0.153. The van der Waals surface area contributed by atoms with E-state index in [2.05, 4.69) is 21.2 Å². The first-order valence-electron chi connectivity index (χ1n) is 9.56. The highest BCUT2D eigenvalue weighted by Gasteiger charge is 2.22. The highest BCUT2D eigenvalue weighted by Crippen LogP contribution is 2.28. The number of aromatic carboxylic acids is 1. The first-order valence-corrected chi connectivity index (χ1v) is 10.4. The molecule has 2 N–H and O–H groups in total. The third-order valence-corrected chi connectivity index (χ3v) is 5.58. The van der Waals surface area contributed by atoms with E-state index in [-0.39, 0.29) is 18.1 Å². The molecule has 3 aromatic carbocycles. The summed E-state index contributed by atoms with van der Waals surface area (Å²) in [6.45, 7) is 1.14. The van der Waals surface area contributed by atoms with E-state index >= 15 is 0 Å². The second kappa shape index (κ2) is 8.81. The molecular formula is C24H20BrFN2O2. The highest BCUT2D eigenvalue weighted by molar-refractivity contribution is 9.10. The van der Waals surface area contributed by atoms with Gasteiger partial charge in [-0.05, 0) is 29.8 Å². The van der Waals surface area contributed by atoms with Gasteiger partial charge in [0.2, 0.25) is 0 Å². The van der Waals surface area contributed by atoms with Crippen LogP contribution in [0.1, 0.15) is 27.2 Å². The summed E-state index contributed by atoms with van der Waals surface area (Å²) in [6.07, 6.45) is 0. The van der Waals surface area contributed by atoms with Crippen molar-refractivity contribution < 1.29 is 14.3 Å². The van der Waals surface area contributed by atoms with Crippen LogP contribution in [0.25, 0.3) is 10.9 Å². The number of carboxylic acid groups (broad SMARTS) is 1. The van der Waals surface area contributed by atoms with Gasteiger partial charge in [0.25, 0.3) is 0 Å². The van der Waals surface area contributed by atoms with Crippen LogP contribution in [-0.4, -0.2) is 15.6 Å². The molecule has 0 amide bonds. The Morgan fingerprint density at radius 1 is 1.00 bits per heavy atom. The molecule has 0 aliphatic heterocycles. The van der Waals surface area contributed by atoms with Gasteiger partial charge in [0, 0.05) is 39.6 Å². The Kier molecular flexibility index (Phi) is 5.97. The Hall–Kier alpha value is -2.96. The first kappa shape index (κ1) is 20.3. The number of benzene rings is 3. The van der Waals surface area contributed by atoms with Crippen LogP contribution >= 0.6 is 15.9 Å². The molecule has 0 atom stereocenters. The predicted octanol–water partition coefficient (Wildman–Crippen LogP) is 5.58. The first-order chi connectivity index (χ1) is 14.5. The zero-order chi connectivity index (χ0) is 21.1. The molecule has 1 aromatic heterocycles. The smallest absolute Gasteiger partial charge is 0.352 e. The summed E-state index contributed by atoms with van der Waals surface area (Å²) in [7, 11) is 0. The van der Waals surface area contributed by atoms with Gasteiger partial charge in [-0.1, -0.05) is 64.5 Å². The maximum atomic E-state index is 14.3. The monoisotopic (exact) mass is 466 g/mol. The second-order valence-electron chi connectivity index (χ2n) is 7.06. The Labute approximate surface area is 182 Å². The van der Waals surface area contributed by atoms with Gasteiger partial charge in [-0.15, -0.1) is 0 Å². The summed E-state index contributed by atoms with van der Waals surface area (Å²) in [5.41, 5.74) is 3.20. The standard InChI is InChI=1S/C24H20BrFN2O2/c25-18-8-5-6-16(12-18)13-27-14-20-19-9-2-4-11-22(19)28(23(20)24(29)30)15-17-7-1-3-10-21(17)26/h1-12,27H,13-15H2,(H,29,30). The molecule has 1 heterocycles. The van der Waals surface area contributed by atoms with Crippen LogP contribution in [0, 0.1) is 5.82 Å². The molecule has 0 unspecified atom stereocenters. The third-order valence-electron chi connectivity index (χ3n) is 5.08. The number of carbonyl (C=O) groups is 1. The lowest BCUT2D eigenvalue weighted by molar-refractivity contribution is 0.0684. The summed E-state index contributed by atoms with van der Waals surface area (Å²) in [5, 5.41) is 14.2. The molecule has 0 spiro atoms. The fourth-order valence-electron chi connectivity index (χ4n) is 3.74. The summed E-state index contributed by atoms with van der Waals surface area (Å²) in [5.74, 6) is -1.37. The average Bonchev–Trinajstić information content (AvgIpc) is 3.04. The van der Waals surface area contributed by atoms with Crippen molar-refractivity contribution in [1.82, 2.24) is 9.88 Å². The molecule has 0 bridgehead atoms. The summed E-state index contributed by atoms with van der Waals surface area (Å²) < 4.78 is 16.9. The lowest BCUT2D eigenvalue weighted by Crippen LogP contribution is -2.17. The van der Waals surface area contributed by atoms with E-state index in [0.717, 1.165) is 20.9 Å². The van der Waals surface area contributed by atoms with Crippen LogP contribution in [0.5, 0.6) is 0 Å². The average molecular weight is 467 g/mol. The molecular weight excluding hydrogens is 447 g/mol. The molecule has 0 saturated carbocycles. The number of carboxylic acids is 1. The minimum Gasteiger partial charge on any atom is -0.477 e. The van der Waals surface area contributed by atoms with Crippen LogP contribution in [-0.2, 0) is 19.6 Å². The number of fused-ring (bicyclic) bond motifs is 1. The van der Waals surface area contributed by atoms with E-state index in [1.54, 1.807) is 22.8 Å². The zero-order valence-corrected chi connectivity index (χ0v) is 17.7. The third kappa shape index (κ3) is 4.15. The number of para-hydroxylation sites is 1. The Morgan fingerprint density at radius 3 is 2.53 bits per heavy atom. The molecule has 4 rings (SSSR count). The van der Waals surface area contributed by atoms with Gasteiger partial charge >= 0.3 is 5.97 Å². The molecule has 152 valence electrons. The summed E-state index contributed by atoms with van der Waals surface area (Å²) in [6, 6.07) is 22.0. The van der Waals surface area contributed by atoms with E-state index < -0.39 is 5.97 Å². The van der Waals surface area contributed by atoms with Crippen molar-refractivity contribution in [2.75, 3.05) is 0 Å². The van der Waals surface area contributed by atoms with E-state index in [4.69, 9.17) is 0 Å². The number of aromatic nitrogens is 1.